The molecule has 21 heavy (non-hydrogen) atoms. The van der Waals surface area contributed by atoms with Gasteiger partial charge in [0, 0.05) is 11.0 Å². The monoisotopic (exact) mass is 343 g/mol. The summed E-state index contributed by atoms with van der Waals surface area (Å²) in [5.41, 5.74) is 2.96. The van der Waals surface area contributed by atoms with Gasteiger partial charge in [0.1, 0.15) is 0 Å². The summed E-state index contributed by atoms with van der Waals surface area (Å²) in [6.45, 7) is 0. The fourth-order valence-electron chi connectivity index (χ4n) is 2.64. The van der Waals surface area contributed by atoms with Crippen LogP contribution in [-0.2, 0) is 16.6 Å². The summed E-state index contributed by atoms with van der Waals surface area (Å²) in [5, 5.41) is 4.02. The molecule has 1 N–H and O–H groups in total. The first kappa shape index (κ1) is 14.3. The van der Waals surface area contributed by atoms with Crippen molar-refractivity contribution < 1.29 is 4.79 Å². The predicted molar refractivity (Wildman–Crippen MR) is 89.9 cm³/mol. The molecule has 2 aromatic carbocycles. The van der Waals surface area contributed by atoms with E-state index in [0.29, 0.717) is 0 Å². The van der Waals surface area contributed by atoms with Crippen LogP contribution in [-0.4, -0.2) is 11.2 Å². The van der Waals surface area contributed by atoms with Crippen LogP contribution in [0.1, 0.15) is 24.0 Å². The van der Waals surface area contributed by atoms with Gasteiger partial charge in [0.2, 0.25) is 5.91 Å². The van der Waals surface area contributed by atoms with Crippen molar-refractivity contribution in [2.45, 2.75) is 24.7 Å². The molecule has 0 radical (unpaired) electrons. The van der Waals surface area contributed by atoms with E-state index in [9.17, 15) is 4.79 Å². The van der Waals surface area contributed by atoms with Gasteiger partial charge in [-0.05, 0) is 42.5 Å². The SMILES string of the molecule is O=C(Nc1ccc(CCBr)cc1)C1(c2ccccc2)CC1. The van der Waals surface area contributed by atoms with Crippen LogP contribution in [0.2, 0.25) is 0 Å². The fraction of sp³-hybridized carbons (Fsp3) is 0.278. The van der Waals surface area contributed by atoms with Crippen LogP contribution < -0.4 is 5.32 Å². The first-order valence-corrected chi connectivity index (χ1v) is 8.39. The van der Waals surface area contributed by atoms with Crippen molar-refractivity contribution in [3.8, 4) is 0 Å². The number of anilines is 1. The first-order chi connectivity index (χ1) is 10.2. The summed E-state index contributed by atoms with van der Waals surface area (Å²) in [6, 6.07) is 18.2. The van der Waals surface area contributed by atoms with Crippen molar-refractivity contribution >= 4 is 27.5 Å². The zero-order valence-corrected chi connectivity index (χ0v) is 13.4. The molecular formula is C18H18BrNO. The molecule has 0 spiro atoms. The summed E-state index contributed by atoms with van der Waals surface area (Å²) in [7, 11) is 0. The van der Waals surface area contributed by atoms with Gasteiger partial charge in [-0.3, -0.25) is 4.79 Å². The molecule has 0 bridgehead atoms. The van der Waals surface area contributed by atoms with Gasteiger partial charge >= 0.3 is 0 Å². The molecule has 1 amide bonds. The molecule has 3 rings (SSSR count). The molecule has 3 heteroatoms. The van der Waals surface area contributed by atoms with Crippen LogP contribution in [0.15, 0.2) is 54.6 Å². The maximum Gasteiger partial charge on any atom is 0.235 e. The standard InChI is InChI=1S/C18H18BrNO/c19-13-10-14-6-8-16(9-7-14)20-17(21)18(11-12-18)15-4-2-1-3-5-15/h1-9H,10-13H2,(H,20,21). The molecule has 1 aliphatic rings. The lowest BCUT2D eigenvalue weighted by atomic mass is 9.95. The minimum atomic E-state index is -0.310. The molecule has 0 unspecified atom stereocenters. The maximum atomic E-state index is 12.6. The van der Waals surface area contributed by atoms with Gasteiger partial charge in [-0.1, -0.05) is 58.4 Å². The van der Waals surface area contributed by atoms with Crippen molar-refractivity contribution in [1.29, 1.82) is 0 Å². The highest BCUT2D eigenvalue weighted by Crippen LogP contribution is 2.48. The Labute approximate surface area is 133 Å². The lowest BCUT2D eigenvalue weighted by Crippen LogP contribution is -2.27. The zero-order chi connectivity index (χ0) is 14.7. The van der Waals surface area contributed by atoms with E-state index in [4.69, 9.17) is 0 Å². The second-order valence-corrected chi connectivity index (χ2v) is 6.33. The number of rotatable bonds is 5. The number of hydrogen-bond donors (Lipinski definition) is 1. The zero-order valence-electron chi connectivity index (χ0n) is 11.8. The molecule has 2 nitrogen and oxygen atoms in total. The van der Waals surface area contributed by atoms with E-state index in [1.54, 1.807) is 0 Å². The normalized spacial score (nSPS) is 15.5. The maximum absolute atomic E-state index is 12.6. The van der Waals surface area contributed by atoms with Gasteiger partial charge in [-0.15, -0.1) is 0 Å². The number of nitrogens with one attached hydrogen (secondary N) is 1. The molecule has 1 fully saturated rings. The van der Waals surface area contributed by atoms with Crippen molar-refractivity contribution in [2.24, 2.45) is 0 Å². The molecule has 2 aromatic rings. The molecule has 1 saturated carbocycles. The number of halogens is 1. The van der Waals surface area contributed by atoms with E-state index in [-0.39, 0.29) is 11.3 Å². The lowest BCUT2D eigenvalue weighted by molar-refractivity contribution is -0.118. The number of benzene rings is 2. The highest BCUT2D eigenvalue weighted by molar-refractivity contribution is 9.09. The number of carbonyl (C=O) groups excluding carboxylic acids is 1. The summed E-state index contributed by atoms with van der Waals surface area (Å²) in [6.07, 6.45) is 2.87. The van der Waals surface area contributed by atoms with Gasteiger partial charge in [0.05, 0.1) is 5.41 Å². The molecular weight excluding hydrogens is 326 g/mol. The van der Waals surface area contributed by atoms with Crippen LogP contribution in [0.5, 0.6) is 0 Å². The molecule has 0 atom stereocenters. The van der Waals surface area contributed by atoms with Crippen LogP contribution >= 0.6 is 15.9 Å². The topological polar surface area (TPSA) is 29.1 Å². The van der Waals surface area contributed by atoms with Crippen LogP contribution in [0.3, 0.4) is 0 Å². The van der Waals surface area contributed by atoms with Gasteiger partial charge in [-0.2, -0.15) is 0 Å². The van der Waals surface area contributed by atoms with E-state index < -0.39 is 0 Å². The Hall–Kier alpha value is -1.61. The minimum Gasteiger partial charge on any atom is -0.325 e. The van der Waals surface area contributed by atoms with Crippen molar-refractivity contribution in [3.05, 3.63) is 65.7 Å². The van der Waals surface area contributed by atoms with E-state index in [0.717, 1.165) is 35.8 Å². The van der Waals surface area contributed by atoms with Gasteiger partial charge in [-0.25, -0.2) is 0 Å². The lowest BCUT2D eigenvalue weighted by Gasteiger charge is -2.16. The van der Waals surface area contributed by atoms with Crippen LogP contribution in [0.4, 0.5) is 5.69 Å². The summed E-state index contributed by atoms with van der Waals surface area (Å²) in [4.78, 5) is 12.6. The highest BCUT2D eigenvalue weighted by Gasteiger charge is 2.51. The van der Waals surface area contributed by atoms with Crippen LogP contribution in [0, 0.1) is 0 Å². The molecule has 0 saturated heterocycles. The predicted octanol–water partition coefficient (Wildman–Crippen LogP) is 4.29. The fourth-order valence-corrected chi connectivity index (χ4v) is 3.10. The molecule has 108 valence electrons. The number of alkyl halides is 1. The third-order valence-electron chi connectivity index (χ3n) is 4.11. The van der Waals surface area contributed by atoms with Gasteiger partial charge in [0.25, 0.3) is 0 Å². The Morgan fingerprint density at radius 3 is 2.29 bits per heavy atom. The average molecular weight is 344 g/mol. The summed E-state index contributed by atoms with van der Waals surface area (Å²) in [5.74, 6) is 0.113. The average Bonchev–Trinajstić information content (AvgIpc) is 3.32. The molecule has 0 heterocycles. The Balaban J connectivity index is 1.72. The van der Waals surface area contributed by atoms with Crippen molar-refractivity contribution in [3.63, 3.8) is 0 Å². The van der Waals surface area contributed by atoms with E-state index in [2.05, 4.69) is 33.4 Å². The number of aryl methyl sites for hydroxylation is 1. The van der Waals surface area contributed by atoms with E-state index in [1.807, 2.05) is 42.5 Å². The molecule has 0 aliphatic heterocycles. The van der Waals surface area contributed by atoms with Crippen LogP contribution in [0.25, 0.3) is 0 Å². The molecule has 0 aromatic heterocycles. The number of amides is 1. The van der Waals surface area contributed by atoms with E-state index >= 15 is 0 Å². The second kappa shape index (κ2) is 6.02. The van der Waals surface area contributed by atoms with Gasteiger partial charge < -0.3 is 5.32 Å². The molecule has 1 aliphatic carbocycles. The summed E-state index contributed by atoms with van der Waals surface area (Å²) < 4.78 is 0. The number of hydrogen-bond acceptors (Lipinski definition) is 1. The first-order valence-electron chi connectivity index (χ1n) is 7.26. The van der Waals surface area contributed by atoms with Crippen molar-refractivity contribution in [1.82, 2.24) is 0 Å². The Kier molecular flexibility index (Phi) is 4.11. The van der Waals surface area contributed by atoms with Gasteiger partial charge in [0.15, 0.2) is 0 Å². The Morgan fingerprint density at radius 1 is 1.05 bits per heavy atom. The minimum absolute atomic E-state index is 0.113. The van der Waals surface area contributed by atoms with Crippen molar-refractivity contribution in [2.75, 3.05) is 10.6 Å². The highest BCUT2D eigenvalue weighted by atomic mass is 79.9. The quantitative estimate of drug-likeness (QED) is 0.806. The van der Waals surface area contributed by atoms with E-state index in [1.165, 1.54) is 5.56 Å². The smallest absolute Gasteiger partial charge is 0.235 e. The second-order valence-electron chi connectivity index (χ2n) is 5.54. The Morgan fingerprint density at radius 2 is 1.71 bits per heavy atom. The third kappa shape index (κ3) is 3.03. The largest absolute Gasteiger partial charge is 0.325 e. The number of carbonyl (C=O) groups is 1. The Bertz CT molecular complexity index is 617. The third-order valence-corrected chi connectivity index (χ3v) is 4.50. The summed E-state index contributed by atoms with van der Waals surface area (Å²) >= 11 is 3.44.